The molecule has 9 nitrogen and oxygen atoms in total. The van der Waals surface area contributed by atoms with Crippen molar-refractivity contribution in [2.75, 3.05) is 7.11 Å². The van der Waals surface area contributed by atoms with Gasteiger partial charge in [0.15, 0.2) is 28.7 Å². The van der Waals surface area contributed by atoms with Gasteiger partial charge in [0.1, 0.15) is 5.52 Å². The molecule has 0 unspecified atom stereocenters. The maximum Gasteiger partial charge on any atom is 0.332 e. The van der Waals surface area contributed by atoms with E-state index in [1.807, 2.05) is 24.3 Å². The maximum absolute atomic E-state index is 12.8. The number of primary amides is 1. The lowest BCUT2D eigenvalue weighted by atomic mass is 9.87. The molecule has 0 atom stereocenters. The number of imidazole rings is 1. The van der Waals surface area contributed by atoms with Crippen LogP contribution in [0.3, 0.4) is 0 Å². The number of aromatic hydroxyl groups is 1. The van der Waals surface area contributed by atoms with Gasteiger partial charge in [0.05, 0.1) is 18.4 Å². The van der Waals surface area contributed by atoms with Crippen molar-refractivity contribution < 1.29 is 14.6 Å². The quantitative estimate of drug-likeness (QED) is 0.453. The Morgan fingerprint density at radius 2 is 1.81 bits per heavy atom. The van der Waals surface area contributed by atoms with Crippen LogP contribution >= 0.6 is 0 Å². The van der Waals surface area contributed by atoms with Crippen LogP contribution < -0.4 is 16.2 Å². The van der Waals surface area contributed by atoms with Crippen molar-refractivity contribution >= 4 is 17.1 Å². The number of fused-ring (bicyclic) bond motifs is 1. The molecule has 0 aliphatic rings. The predicted octanol–water partition coefficient (Wildman–Crippen LogP) is 2.89. The minimum Gasteiger partial charge on any atom is -0.504 e. The SMILES string of the molecule is COc1cccc(-c2nc(C(N)=O)c3[nH]c(=O)n(-c4ccc(C(C)(C)C)cc4)c3n2)c1O. The summed E-state index contributed by atoms with van der Waals surface area (Å²) in [5, 5.41) is 10.5. The number of phenols is 1. The molecule has 32 heavy (non-hydrogen) atoms. The van der Waals surface area contributed by atoms with Gasteiger partial charge in [0.25, 0.3) is 5.91 Å². The van der Waals surface area contributed by atoms with Crippen LogP contribution in [0.25, 0.3) is 28.2 Å². The smallest absolute Gasteiger partial charge is 0.332 e. The monoisotopic (exact) mass is 433 g/mol. The maximum atomic E-state index is 12.8. The summed E-state index contributed by atoms with van der Waals surface area (Å²) in [6.07, 6.45) is 0. The summed E-state index contributed by atoms with van der Waals surface area (Å²) >= 11 is 0. The van der Waals surface area contributed by atoms with Crippen LogP contribution in [0.4, 0.5) is 0 Å². The Morgan fingerprint density at radius 1 is 1.12 bits per heavy atom. The summed E-state index contributed by atoms with van der Waals surface area (Å²) in [6.45, 7) is 6.29. The summed E-state index contributed by atoms with van der Waals surface area (Å²) in [6, 6.07) is 12.3. The third kappa shape index (κ3) is 3.47. The first-order valence-corrected chi connectivity index (χ1v) is 9.91. The van der Waals surface area contributed by atoms with Crippen LogP contribution in [-0.2, 0) is 5.41 Å². The van der Waals surface area contributed by atoms with Crippen molar-refractivity contribution in [2.45, 2.75) is 26.2 Å². The molecule has 0 aliphatic carbocycles. The molecule has 0 spiro atoms. The van der Waals surface area contributed by atoms with Gasteiger partial charge in [-0.25, -0.2) is 19.3 Å². The Labute approximate surface area is 183 Å². The Hall–Kier alpha value is -4.14. The van der Waals surface area contributed by atoms with Crippen molar-refractivity contribution in [3.63, 3.8) is 0 Å². The van der Waals surface area contributed by atoms with Crippen molar-refractivity contribution in [1.82, 2.24) is 19.5 Å². The zero-order valence-electron chi connectivity index (χ0n) is 18.1. The molecule has 0 saturated carbocycles. The zero-order valence-corrected chi connectivity index (χ0v) is 18.1. The number of H-pyrrole nitrogens is 1. The number of hydrogen-bond donors (Lipinski definition) is 3. The van der Waals surface area contributed by atoms with Crippen LogP contribution in [-0.4, -0.2) is 37.6 Å². The van der Waals surface area contributed by atoms with E-state index < -0.39 is 11.6 Å². The summed E-state index contributed by atoms with van der Waals surface area (Å²) in [5.41, 5.74) is 7.01. The molecule has 9 heteroatoms. The van der Waals surface area contributed by atoms with E-state index in [9.17, 15) is 14.7 Å². The number of amides is 1. The number of rotatable bonds is 4. The van der Waals surface area contributed by atoms with E-state index in [1.54, 1.807) is 18.2 Å². The van der Waals surface area contributed by atoms with Gasteiger partial charge in [-0.3, -0.25) is 4.79 Å². The second-order valence-corrected chi connectivity index (χ2v) is 8.38. The van der Waals surface area contributed by atoms with E-state index in [0.717, 1.165) is 5.56 Å². The van der Waals surface area contributed by atoms with E-state index in [4.69, 9.17) is 10.5 Å². The molecular weight excluding hydrogens is 410 g/mol. The van der Waals surface area contributed by atoms with Crippen LogP contribution in [0.2, 0.25) is 0 Å². The first kappa shape index (κ1) is 21.1. The molecule has 0 radical (unpaired) electrons. The van der Waals surface area contributed by atoms with Gasteiger partial charge in [-0.05, 0) is 35.2 Å². The van der Waals surface area contributed by atoms with Crippen LogP contribution in [0.5, 0.6) is 11.5 Å². The number of nitrogens with zero attached hydrogens (tertiary/aromatic N) is 3. The lowest BCUT2D eigenvalue weighted by Crippen LogP contribution is -2.16. The fourth-order valence-corrected chi connectivity index (χ4v) is 3.50. The van der Waals surface area contributed by atoms with Gasteiger partial charge in [0, 0.05) is 0 Å². The normalized spacial score (nSPS) is 11.6. The predicted molar refractivity (Wildman–Crippen MR) is 120 cm³/mol. The number of carbonyl (C=O) groups is 1. The summed E-state index contributed by atoms with van der Waals surface area (Å²) in [4.78, 5) is 36.3. The summed E-state index contributed by atoms with van der Waals surface area (Å²) in [5.74, 6) is -0.779. The number of aromatic nitrogens is 4. The Balaban J connectivity index is 2.00. The number of hydrogen-bond acceptors (Lipinski definition) is 6. The molecule has 4 aromatic rings. The zero-order chi connectivity index (χ0) is 23.2. The van der Waals surface area contributed by atoms with E-state index in [-0.39, 0.29) is 45.2 Å². The molecular formula is C23H23N5O4. The number of aromatic amines is 1. The van der Waals surface area contributed by atoms with E-state index >= 15 is 0 Å². The highest BCUT2D eigenvalue weighted by atomic mass is 16.5. The molecule has 4 rings (SSSR count). The minimum atomic E-state index is -0.836. The molecule has 0 saturated heterocycles. The Morgan fingerprint density at radius 3 is 2.41 bits per heavy atom. The highest BCUT2D eigenvalue weighted by Crippen LogP contribution is 2.36. The fraction of sp³-hybridized carbons (Fsp3) is 0.217. The van der Waals surface area contributed by atoms with Crippen LogP contribution in [0.1, 0.15) is 36.8 Å². The average molecular weight is 433 g/mol. The fourth-order valence-electron chi connectivity index (χ4n) is 3.50. The van der Waals surface area contributed by atoms with Crippen molar-refractivity contribution in [2.24, 2.45) is 5.73 Å². The molecule has 2 aromatic carbocycles. The minimum absolute atomic E-state index is 0.0294. The van der Waals surface area contributed by atoms with Crippen molar-refractivity contribution in [3.8, 4) is 28.6 Å². The number of carbonyl (C=O) groups excluding carboxylic acids is 1. The van der Waals surface area contributed by atoms with Crippen LogP contribution in [0, 0.1) is 0 Å². The number of benzene rings is 2. The average Bonchev–Trinajstić information content (AvgIpc) is 3.08. The van der Waals surface area contributed by atoms with Crippen LogP contribution in [0.15, 0.2) is 47.3 Å². The summed E-state index contributed by atoms with van der Waals surface area (Å²) < 4.78 is 6.49. The molecule has 0 fully saturated rings. The number of nitrogens with two attached hydrogens (primary N) is 1. The first-order valence-electron chi connectivity index (χ1n) is 9.91. The molecule has 164 valence electrons. The van der Waals surface area contributed by atoms with Gasteiger partial charge in [-0.1, -0.05) is 39.0 Å². The third-order valence-electron chi connectivity index (χ3n) is 5.22. The van der Waals surface area contributed by atoms with Gasteiger partial charge in [0.2, 0.25) is 0 Å². The van der Waals surface area contributed by atoms with E-state index in [2.05, 4.69) is 35.7 Å². The number of nitrogens with one attached hydrogen (secondary N) is 1. The topological polar surface area (TPSA) is 136 Å². The second-order valence-electron chi connectivity index (χ2n) is 8.38. The highest BCUT2D eigenvalue weighted by Gasteiger charge is 2.22. The molecule has 0 bridgehead atoms. The lowest BCUT2D eigenvalue weighted by molar-refractivity contribution is 0.0997. The molecule has 1 amide bonds. The van der Waals surface area contributed by atoms with Crippen molar-refractivity contribution in [3.05, 3.63) is 64.2 Å². The second kappa shape index (κ2) is 7.52. The van der Waals surface area contributed by atoms with Gasteiger partial charge in [-0.2, -0.15) is 0 Å². The number of para-hydroxylation sites is 1. The molecule has 2 heterocycles. The summed E-state index contributed by atoms with van der Waals surface area (Å²) in [7, 11) is 1.42. The van der Waals surface area contributed by atoms with E-state index in [0.29, 0.717) is 5.69 Å². The van der Waals surface area contributed by atoms with Crippen molar-refractivity contribution in [1.29, 1.82) is 0 Å². The number of ether oxygens (including phenoxy) is 1. The third-order valence-corrected chi connectivity index (χ3v) is 5.22. The highest BCUT2D eigenvalue weighted by molar-refractivity contribution is 6.02. The first-order chi connectivity index (χ1) is 15.1. The number of methoxy groups -OCH3 is 1. The van der Waals surface area contributed by atoms with Gasteiger partial charge in [-0.15, -0.1) is 0 Å². The van der Waals surface area contributed by atoms with Gasteiger partial charge >= 0.3 is 5.69 Å². The Bertz CT molecular complexity index is 1400. The lowest BCUT2D eigenvalue weighted by Gasteiger charge is -2.19. The largest absolute Gasteiger partial charge is 0.504 e. The van der Waals surface area contributed by atoms with Gasteiger partial charge < -0.3 is 20.6 Å². The van der Waals surface area contributed by atoms with E-state index in [1.165, 1.54) is 11.7 Å². The molecule has 4 N–H and O–H groups in total. The molecule has 0 aliphatic heterocycles. The number of phenolic OH excluding ortho intramolecular Hbond substituents is 1. The molecule has 2 aromatic heterocycles. The Kier molecular flexibility index (Phi) is 4.96. The standard InChI is InChI=1S/C23H23N5O4/c1-23(2,3)12-8-10-13(11-9-12)28-21-17(26-22(28)31)16(19(24)30)25-20(27-21)14-6-5-7-15(32-4)18(14)29/h5-11,29H,1-4H3,(H2,24,30)(H,26,31).